The average Bonchev–Trinajstić information content (AvgIpc) is 4.18. The number of rotatable bonds is 10. The van der Waals surface area contributed by atoms with Gasteiger partial charge in [-0.15, -0.1) is 0 Å². The number of amidine groups is 1. The molecule has 2 heterocycles. The van der Waals surface area contributed by atoms with Gasteiger partial charge in [0.25, 0.3) is 11.8 Å². The predicted octanol–water partition coefficient (Wildman–Crippen LogP) is 16.8. The number of allylic oxidation sites excluding steroid dienone is 1. The van der Waals surface area contributed by atoms with E-state index in [0.717, 1.165) is 47.9 Å². The Balaban J connectivity index is 1.39. The molecule has 5 aromatic rings. The highest BCUT2D eigenvalue weighted by molar-refractivity contribution is 6.32. The summed E-state index contributed by atoms with van der Waals surface area (Å²) >= 11 is 0. The van der Waals surface area contributed by atoms with Gasteiger partial charge >= 0.3 is 11.9 Å². The van der Waals surface area contributed by atoms with Crippen LogP contribution in [0.3, 0.4) is 0 Å². The molecule has 81 heavy (non-hydrogen) atoms. The number of aromatic nitrogens is 1. The van der Waals surface area contributed by atoms with Crippen molar-refractivity contribution in [3.8, 4) is 11.1 Å². The number of anilines is 1. The lowest BCUT2D eigenvalue weighted by Gasteiger charge is -2.50. The SMILES string of the molecule is Cc1ccc(C(=O)NC2=N/C(=C\c3[nH]c(NC(=O)c4ccc(C)cc4C)c(C(=O)OC4C(C(C)(C)C)CC(C)CC4C(C)(C)C)c3-c3ccccc3)C(c3ccccc3)=C2C(=O)OC2C(C(C)(C)C)CC(C)CC2C(C)(C)C)c(C)c1. The van der Waals surface area contributed by atoms with Crippen LogP contribution in [0.5, 0.6) is 0 Å². The molecule has 2 aliphatic carbocycles. The van der Waals surface area contributed by atoms with Crippen molar-refractivity contribution in [2.24, 2.45) is 62.2 Å². The van der Waals surface area contributed by atoms with Crippen molar-refractivity contribution in [3.05, 3.63) is 159 Å². The molecule has 2 fully saturated rings. The summed E-state index contributed by atoms with van der Waals surface area (Å²) in [6.07, 6.45) is 4.50. The molecule has 3 N–H and O–H groups in total. The average molecular weight is 1100 g/mol. The first-order valence-corrected chi connectivity index (χ1v) is 29.4. The van der Waals surface area contributed by atoms with Crippen LogP contribution in [-0.4, -0.2) is 46.8 Å². The van der Waals surface area contributed by atoms with E-state index in [2.05, 4.69) is 113 Å². The van der Waals surface area contributed by atoms with Gasteiger partial charge < -0.3 is 25.1 Å². The van der Waals surface area contributed by atoms with Crippen LogP contribution in [0.15, 0.2) is 113 Å². The first-order chi connectivity index (χ1) is 37.8. The van der Waals surface area contributed by atoms with Crippen LogP contribution >= 0.6 is 0 Å². The minimum Gasteiger partial charge on any atom is -0.458 e. The van der Waals surface area contributed by atoms with Gasteiger partial charge in [-0.1, -0.05) is 193 Å². The number of amides is 2. The van der Waals surface area contributed by atoms with Gasteiger partial charge in [0.2, 0.25) is 0 Å². The standard InChI is InChI=1S/C71H90N4O6/c1-40-29-31-48(44(5)33-40)64(76)74-62-58(66(78)80-60-50(68(7,8)9)35-42(3)36-51(60)69(10,11)12)56(46-25-21-19-22-26-46)54(72-62)39-55-57(47-27-23-20-24-28-47)59(63(73-55)75-65(77)49-32-30-41(2)34-45(49)6)67(79)81-61-52(70(13,14)15)37-43(4)38-53(61)71(16,17)18/h19-34,39,42-43,50-53,60-61,72H,35-38H2,1-18H3,(H,74,76)(H,73,75,77)/b55-39-. The minimum absolute atomic E-state index is 0.0361. The summed E-state index contributed by atoms with van der Waals surface area (Å²) < 4.78 is 14.1. The summed E-state index contributed by atoms with van der Waals surface area (Å²) in [6, 6.07) is 30.5. The smallest absolute Gasteiger partial charge is 0.342 e. The molecule has 3 aliphatic rings. The van der Waals surface area contributed by atoms with E-state index in [1.54, 1.807) is 12.1 Å². The highest BCUT2D eigenvalue weighted by atomic mass is 16.5. The molecule has 4 unspecified atom stereocenters. The van der Waals surface area contributed by atoms with Crippen LogP contribution < -0.4 is 10.6 Å². The normalized spacial score (nSPS) is 23.2. The zero-order valence-electron chi connectivity index (χ0n) is 51.7. The Bertz CT molecular complexity index is 3230. The van der Waals surface area contributed by atoms with Crippen molar-refractivity contribution in [3.63, 3.8) is 0 Å². The Kier molecular flexibility index (Phi) is 17.3. The molecule has 10 heteroatoms. The summed E-state index contributed by atoms with van der Waals surface area (Å²) in [5.41, 5.74) is 6.98. The quantitative estimate of drug-likeness (QED) is 0.119. The molecule has 0 saturated heterocycles. The number of carbonyl (C=O) groups excluding carboxylic acids is 4. The first-order valence-electron chi connectivity index (χ1n) is 29.4. The van der Waals surface area contributed by atoms with Crippen LogP contribution in [0, 0.1) is 84.9 Å². The van der Waals surface area contributed by atoms with Gasteiger partial charge in [-0.2, -0.15) is 0 Å². The third-order valence-corrected chi connectivity index (χ3v) is 17.7. The van der Waals surface area contributed by atoms with Gasteiger partial charge in [-0.3, -0.25) is 9.59 Å². The van der Waals surface area contributed by atoms with Crippen molar-refractivity contribution in [1.82, 2.24) is 10.3 Å². The number of aromatic amines is 1. The van der Waals surface area contributed by atoms with E-state index in [4.69, 9.17) is 14.5 Å². The van der Waals surface area contributed by atoms with Gasteiger partial charge in [0, 0.05) is 45.9 Å². The van der Waals surface area contributed by atoms with Crippen molar-refractivity contribution < 1.29 is 28.7 Å². The van der Waals surface area contributed by atoms with Crippen molar-refractivity contribution >= 4 is 47.1 Å². The highest BCUT2D eigenvalue weighted by Gasteiger charge is 2.51. The number of nitrogens with zero attached hydrogens (tertiary/aromatic N) is 1. The molecule has 4 atom stereocenters. The number of carbonyl (C=O) groups is 4. The summed E-state index contributed by atoms with van der Waals surface area (Å²) in [7, 11) is 0. The monoisotopic (exact) mass is 1090 g/mol. The van der Waals surface area contributed by atoms with Gasteiger partial charge in [-0.25, -0.2) is 14.6 Å². The molecular formula is C71H90N4O6. The molecule has 8 rings (SSSR count). The lowest BCUT2D eigenvalue weighted by molar-refractivity contribution is -0.164. The van der Waals surface area contributed by atoms with Crippen molar-refractivity contribution in [2.45, 2.75) is 163 Å². The van der Waals surface area contributed by atoms with Gasteiger partial charge in [-0.05, 0) is 127 Å². The zero-order chi connectivity index (χ0) is 59.3. The van der Waals surface area contributed by atoms with Crippen LogP contribution in [-0.2, 0) is 14.3 Å². The van der Waals surface area contributed by atoms with Crippen LogP contribution in [0.4, 0.5) is 5.82 Å². The number of aryl methyl sites for hydroxylation is 4. The second-order valence-corrected chi connectivity index (χ2v) is 28.5. The molecule has 0 bridgehead atoms. The summed E-state index contributed by atoms with van der Waals surface area (Å²) in [6.45, 7) is 39.1. The van der Waals surface area contributed by atoms with Crippen LogP contribution in [0.25, 0.3) is 22.8 Å². The maximum absolute atomic E-state index is 15.9. The minimum atomic E-state index is -0.593. The fourth-order valence-electron chi connectivity index (χ4n) is 13.3. The molecule has 430 valence electrons. The summed E-state index contributed by atoms with van der Waals surface area (Å²) in [5, 5.41) is 6.28. The molecule has 0 spiro atoms. The number of hydrogen-bond donors (Lipinski definition) is 3. The Labute approximate surface area is 483 Å². The van der Waals surface area contributed by atoms with Gasteiger partial charge in [0.15, 0.2) is 0 Å². The van der Waals surface area contributed by atoms with Gasteiger partial charge in [0.1, 0.15) is 35.0 Å². The number of ether oxygens (including phenoxy) is 2. The topological polar surface area (TPSA) is 139 Å². The molecular weight excluding hydrogens is 1000 g/mol. The number of aliphatic imine (C=N–C) groups is 1. The fraction of sp³-hybridized carbons (Fsp3) is 0.479. The number of hydrogen-bond acceptors (Lipinski definition) is 7. The van der Waals surface area contributed by atoms with E-state index in [0.29, 0.717) is 56.6 Å². The van der Waals surface area contributed by atoms with E-state index in [9.17, 15) is 9.59 Å². The number of H-pyrrole nitrogens is 1. The molecule has 2 saturated carbocycles. The highest BCUT2D eigenvalue weighted by Crippen LogP contribution is 2.52. The summed E-state index contributed by atoms with van der Waals surface area (Å²) in [5.74, 6) is -0.797. The molecule has 2 amide bonds. The number of nitrogens with one attached hydrogen (secondary N) is 3. The maximum atomic E-state index is 15.9. The molecule has 1 aliphatic heterocycles. The molecule has 0 radical (unpaired) electrons. The molecule has 10 nitrogen and oxygen atoms in total. The lowest BCUT2D eigenvalue weighted by atomic mass is 9.59. The third-order valence-electron chi connectivity index (χ3n) is 17.7. The summed E-state index contributed by atoms with van der Waals surface area (Å²) in [4.78, 5) is 69.9. The Morgan fingerprint density at radius 3 is 1.37 bits per heavy atom. The van der Waals surface area contributed by atoms with E-state index >= 15 is 9.59 Å². The Morgan fingerprint density at radius 2 is 0.951 bits per heavy atom. The number of benzene rings is 4. The molecule has 1 aromatic heterocycles. The fourth-order valence-corrected chi connectivity index (χ4v) is 13.3. The van der Waals surface area contributed by atoms with E-state index in [1.165, 1.54) is 0 Å². The Hall–Kier alpha value is -6.81. The first kappa shape index (κ1) is 60.3. The van der Waals surface area contributed by atoms with Gasteiger partial charge in [0.05, 0.1) is 11.4 Å². The van der Waals surface area contributed by atoms with E-state index in [1.807, 2.05) is 119 Å². The Morgan fingerprint density at radius 1 is 0.543 bits per heavy atom. The third kappa shape index (κ3) is 13.3. The maximum Gasteiger partial charge on any atom is 0.342 e. The van der Waals surface area contributed by atoms with Crippen LogP contribution in [0.1, 0.15) is 187 Å². The van der Waals surface area contributed by atoms with Crippen LogP contribution in [0.2, 0.25) is 0 Å². The molecule has 4 aromatic carbocycles. The zero-order valence-corrected chi connectivity index (χ0v) is 51.7. The number of esters is 2. The van der Waals surface area contributed by atoms with E-state index in [-0.39, 0.29) is 68.1 Å². The van der Waals surface area contributed by atoms with E-state index < -0.39 is 36.0 Å². The van der Waals surface area contributed by atoms with Crippen molar-refractivity contribution in [2.75, 3.05) is 5.32 Å². The predicted molar refractivity (Wildman–Crippen MR) is 330 cm³/mol. The van der Waals surface area contributed by atoms with Crippen molar-refractivity contribution in [1.29, 1.82) is 0 Å². The lowest BCUT2D eigenvalue weighted by Crippen LogP contribution is -2.50. The second-order valence-electron chi connectivity index (χ2n) is 28.5. The second kappa shape index (κ2) is 23.2. The largest absolute Gasteiger partial charge is 0.458 e.